The average Bonchev–Trinajstić information content (AvgIpc) is 2.55. The number of benzene rings is 2. The third-order valence-electron chi connectivity index (χ3n) is 3.49. The van der Waals surface area contributed by atoms with E-state index in [1.807, 2.05) is 30.3 Å². The lowest BCUT2D eigenvalue weighted by molar-refractivity contribution is 0.0954. The Kier molecular flexibility index (Phi) is 6.15. The van der Waals surface area contributed by atoms with E-state index in [1.165, 1.54) is 20.2 Å². The van der Waals surface area contributed by atoms with Crippen LogP contribution in [-0.2, 0) is 16.4 Å². The van der Waals surface area contributed by atoms with E-state index in [0.29, 0.717) is 23.0 Å². The van der Waals surface area contributed by atoms with Gasteiger partial charge in [-0.1, -0.05) is 30.3 Å². The minimum Gasteiger partial charge on any atom is -0.352 e. The fourth-order valence-electron chi connectivity index (χ4n) is 2.11. The van der Waals surface area contributed by atoms with Crippen molar-refractivity contribution < 1.29 is 13.2 Å². The van der Waals surface area contributed by atoms with E-state index in [4.69, 9.17) is 0 Å². The number of amides is 1. The van der Waals surface area contributed by atoms with Crippen molar-refractivity contribution in [3.63, 3.8) is 0 Å². The second-order valence-electron chi connectivity index (χ2n) is 5.42. The number of nitrogens with one attached hydrogen (secondary N) is 1. The summed E-state index contributed by atoms with van der Waals surface area (Å²) >= 11 is 3.23. The normalized spacial score (nSPS) is 11.5. The van der Waals surface area contributed by atoms with Crippen molar-refractivity contribution in [1.29, 1.82) is 0 Å². The van der Waals surface area contributed by atoms with Gasteiger partial charge in [-0.3, -0.25) is 4.79 Å². The molecule has 0 heterocycles. The van der Waals surface area contributed by atoms with Gasteiger partial charge in [0.05, 0.1) is 4.90 Å². The van der Waals surface area contributed by atoms with Crippen molar-refractivity contribution in [2.24, 2.45) is 0 Å². The first kappa shape index (κ1) is 18.6. The van der Waals surface area contributed by atoms with Crippen LogP contribution in [0, 0.1) is 0 Å². The standard InChI is InChI=1S/C17H19BrN2O3S/c1-20(2)24(22,23)16-12-14(8-9-15(16)18)17(21)19-11-10-13-6-4-3-5-7-13/h3-9,12H,10-11H2,1-2H3,(H,19,21). The van der Waals surface area contributed by atoms with Crippen LogP contribution in [0.2, 0.25) is 0 Å². The molecule has 0 radical (unpaired) electrons. The van der Waals surface area contributed by atoms with Crippen molar-refractivity contribution in [2.45, 2.75) is 11.3 Å². The monoisotopic (exact) mass is 410 g/mol. The topological polar surface area (TPSA) is 66.5 Å². The van der Waals surface area contributed by atoms with Gasteiger partial charge in [0, 0.05) is 30.7 Å². The van der Waals surface area contributed by atoms with E-state index in [9.17, 15) is 13.2 Å². The Morgan fingerprint density at radius 3 is 2.42 bits per heavy atom. The molecule has 5 nitrogen and oxygen atoms in total. The number of carbonyl (C=O) groups excluding carboxylic acids is 1. The van der Waals surface area contributed by atoms with Crippen molar-refractivity contribution in [3.8, 4) is 0 Å². The van der Waals surface area contributed by atoms with Crippen LogP contribution in [0.4, 0.5) is 0 Å². The number of halogens is 1. The lowest BCUT2D eigenvalue weighted by Gasteiger charge is -2.14. The van der Waals surface area contributed by atoms with Crippen LogP contribution < -0.4 is 5.32 Å². The molecule has 128 valence electrons. The van der Waals surface area contributed by atoms with Gasteiger partial charge in [-0.25, -0.2) is 12.7 Å². The maximum absolute atomic E-state index is 12.3. The Morgan fingerprint density at radius 1 is 1.12 bits per heavy atom. The van der Waals surface area contributed by atoms with Crippen molar-refractivity contribution in [1.82, 2.24) is 9.62 Å². The van der Waals surface area contributed by atoms with Gasteiger partial charge in [0.1, 0.15) is 0 Å². The molecule has 0 bridgehead atoms. The summed E-state index contributed by atoms with van der Waals surface area (Å²) in [7, 11) is -0.715. The molecule has 0 aliphatic rings. The minimum atomic E-state index is -3.62. The maximum Gasteiger partial charge on any atom is 0.251 e. The van der Waals surface area contributed by atoms with Crippen LogP contribution in [0.5, 0.6) is 0 Å². The number of hydrogen-bond donors (Lipinski definition) is 1. The zero-order valence-electron chi connectivity index (χ0n) is 13.5. The molecular formula is C17H19BrN2O3S. The first-order chi connectivity index (χ1) is 11.3. The van der Waals surface area contributed by atoms with Gasteiger partial charge in [0.25, 0.3) is 5.91 Å². The van der Waals surface area contributed by atoms with Gasteiger partial charge < -0.3 is 5.32 Å². The van der Waals surface area contributed by atoms with Crippen LogP contribution in [-0.4, -0.2) is 39.3 Å². The Bertz CT molecular complexity index is 821. The second-order valence-corrected chi connectivity index (χ2v) is 8.40. The lowest BCUT2D eigenvalue weighted by atomic mass is 10.1. The quantitative estimate of drug-likeness (QED) is 0.795. The third-order valence-corrected chi connectivity index (χ3v) is 6.30. The van der Waals surface area contributed by atoms with Crippen LogP contribution in [0.1, 0.15) is 15.9 Å². The fourth-order valence-corrected chi connectivity index (χ4v) is 3.95. The summed E-state index contributed by atoms with van der Waals surface area (Å²) in [5.41, 5.74) is 1.44. The SMILES string of the molecule is CN(C)S(=O)(=O)c1cc(C(=O)NCCc2ccccc2)ccc1Br. The highest BCUT2D eigenvalue weighted by atomic mass is 79.9. The zero-order valence-corrected chi connectivity index (χ0v) is 15.9. The van der Waals surface area contributed by atoms with Gasteiger partial charge >= 0.3 is 0 Å². The molecule has 0 unspecified atom stereocenters. The molecule has 2 aromatic rings. The molecule has 0 atom stereocenters. The lowest BCUT2D eigenvalue weighted by Crippen LogP contribution is -2.27. The molecular weight excluding hydrogens is 392 g/mol. The smallest absolute Gasteiger partial charge is 0.251 e. The van der Waals surface area contributed by atoms with Gasteiger partial charge in [-0.15, -0.1) is 0 Å². The van der Waals surface area contributed by atoms with Gasteiger partial charge in [-0.05, 0) is 46.1 Å². The molecule has 1 amide bonds. The Morgan fingerprint density at radius 2 is 1.79 bits per heavy atom. The van der Waals surface area contributed by atoms with Crippen LogP contribution in [0.15, 0.2) is 57.9 Å². The summed E-state index contributed by atoms with van der Waals surface area (Å²) in [6.07, 6.45) is 0.714. The Balaban J connectivity index is 2.10. The summed E-state index contributed by atoms with van der Waals surface area (Å²) in [5, 5.41) is 2.81. The summed E-state index contributed by atoms with van der Waals surface area (Å²) in [5.74, 6) is -0.298. The summed E-state index contributed by atoms with van der Waals surface area (Å²) < 4.78 is 26.1. The van der Waals surface area contributed by atoms with Crippen molar-refractivity contribution in [3.05, 3.63) is 64.1 Å². The molecule has 7 heteroatoms. The zero-order chi connectivity index (χ0) is 17.7. The molecule has 0 aliphatic heterocycles. The number of nitrogens with zero attached hydrogens (tertiary/aromatic N) is 1. The highest BCUT2D eigenvalue weighted by Crippen LogP contribution is 2.25. The summed E-state index contributed by atoms with van der Waals surface area (Å²) in [6.45, 7) is 0.481. The van der Waals surface area contributed by atoms with Crippen molar-refractivity contribution in [2.75, 3.05) is 20.6 Å². The molecule has 0 aliphatic carbocycles. The highest BCUT2D eigenvalue weighted by Gasteiger charge is 2.22. The molecule has 0 saturated carbocycles. The molecule has 2 rings (SSSR count). The van der Waals surface area contributed by atoms with E-state index in [-0.39, 0.29) is 10.8 Å². The van der Waals surface area contributed by atoms with E-state index >= 15 is 0 Å². The van der Waals surface area contributed by atoms with Gasteiger partial charge in [0.15, 0.2) is 0 Å². The van der Waals surface area contributed by atoms with Gasteiger partial charge in [0.2, 0.25) is 10.0 Å². The second kappa shape index (κ2) is 7.92. The molecule has 24 heavy (non-hydrogen) atoms. The minimum absolute atomic E-state index is 0.0724. The van der Waals surface area contributed by atoms with E-state index in [2.05, 4.69) is 21.2 Å². The Hall–Kier alpha value is -1.70. The van der Waals surface area contributed by atoms with Crippen LogP contribution >= 0.6 is 15.9 Å². The summed E-state index contributed by atoms with van der Waals surface area (Å²) in [6, 6.07) is 14.4. The first-order valence-corrected chi connectivity index (χ1v) is 9.60. The number of sulfonamides is 1. The molecule has 1 N–H and O–H groups in total. The largest absolute Gasteiger partial charge is 0.352 e. The third kappa shape index (κ3) is 4.43. The molecule has 0 fully saturated rings. The van der Waals surface area contributed by atoms with Gasteiger partial charge in [-0.2, -0.15) is 0 Å². The summed E-state index contributed by atoms with van der Waals surface area (Å²) in [4.78, 5) is 12.3. The Labute approximate surface area is 150 Å². The van der Waals surface area contributed by atoms with Crippen LogP contribution in [0.3, 0.4) is 0 Å². The molecule has 0 saturated heterocycles. The molecule has 0 spiro atoms. The number of hydrogen-bond acceptors (Lipinski definition) is 3. The van der Waals surface area contributed by atoms with Crippen LogP contribution in [0.25, 0.3) is 0 Å². The van der Waals surface area contributed by atoms with E-state index < -0.39 is 10.0 Å². The predicted molar refractivity (Wildman–Crippen MR) is 97.5 cm³/mol. The maximum atomic E-state index is 12.3. The highest BCUT2D eigenvalue weighted by molar-refractivity contribution is 9.10. The van der Waals surface area contributed by atoms with E-state index in [0.717, 1.165) is 9.87 Å². The molecule has 2 aromatic carbocycles. The average molecular weight is 411 g/mol. The van der Waals surface area contributed by atoms with E-state index in [1.54, 1.807) is 12.1 Å². The number of carbonyl (C=O) groups is 1. The molecule has 0 aromatic heterocycles. The predicted octanol–water partition coefficient (Wildman–Crippen LogP) is 2.67. The number of rotatable bonds is 6. The van der Waals surface area contributed by atoms with Crippen molar-refractivity contribution >= 4 is 31.9 Å². The first-order valence-electron chi connectivity index (χ1n) is 7.36. The fraction of sp³-hybridized carbons (Fsp3) is 0.235.